The predicted octanol–water partition coefficient (Wildman–Crippen LogP) is 4.37. The Morgan fingerprint density at radius 2 is 1.54 bits per heavy atom. The summed E-state index contributed by atoms with van der Waals surface area (Å²) in [6.45, 7) is 3.78. The molecule has 0 unspecified atom stereocenters. The highest BCUT2D eigenvalue weighted by molar-refractivity contribution is 8.00. The van der Waals surface area contributed by atoms with Crippen LogP contribution in [0.3, 0.4) is 0 Å². The van der Waals surface area contributed by atoms with E-state index in [-0.39, 0.29) is 18.6 Å². The minimum absolute atomic E-state index is 0.116. The van der Waals surface area contributed by atoms with Crippen molar-refractivity contribution in [2.45, 2.75) is 42.9 Å². The largest absolute Gasteiger partial charge is 0.454 e. The Hall–Kier alpha value is -2.27. The molecule has 0 saturated carbocycles. The zero-order valence-electron chi connectivity index (χ0n) is 15.2. The lowest BCUT2D eigenvalue weighted by Gasteiger charge is -2.18. The van der Waals surface area contributed by atoms with E-state index in [0.29, 0.717) is 0 Å². The SMILES string of the molecule is CCC(CC)NC(=O)COC(=O)[C@@H](Sc1ccccc1)c1ccccc1. The van der Waals surface area contributed by atoms with Crippen LogP contribution in [0, 0.1) is 0 Å². The molecule has 0 radical (unpaired) electrons. The minimum Gasteiger partial charge on any atom is -0.454 e. The second kappa shape index (κ2) is 10.7. The number of rotatable bonds is 9. The molecule has 0 saturated heterocycles. The normalized spacial score (nSPS) is 11.8. The van der Waals surface area contributed by atoms with Gasteiger partial charge in [0.1, 0.15) is 5.25 Å². The van der Waals surface area contributed by atoms with Crippen LogP contribution in [0.5, 0.6) is 0 Å². The van der Waals surface area contributed by atoms with Gasteiger partial charge in [0, 0.05) is 10.9 Å². The van der Waals surface area contributed by atoms with Gasteiger partial charge < -0.3 is 10.1 Å². The fourth-order valence-electron chi connectivity index (χ4n) is 2.49. The van der Waals surface area contributed by atoms with Crippen LogP contribution in [0.4, 0.5) is 0 Å². The molecule has 0 aliphatic carbocycles. The maximum Gasteiger partial charge on any atom is 0.324 e. The van der Waals surface area contributed by atoms with E-state index >= 15 is 0 Å². The molecule has 0 fully saturated rings. The van der Waals surface area contributed by atoms with E-state index < -0.39 is 11.2 Å². The van der Waals surface area contributed by atoms with Gasteiger partial charge in [-0.25, -0.2) is 0 Å². The van der Waals surface area contributed by atoms with E-state index in [2.05, 4.69) is 5.32 Å². The summed E-state index contributed by atoms with van der Waals surface area (Å²) in [6, 6.07) is 19.3. The van der Waals surface area contributed by atoms with Crippen LogP contribution in [0.15, 0.2) is 65.6 Å². The first-order valence-corrected chi connectivity index (χ1v) is 9.74. The van der Waals surface area contributed by atoms with Gasteiger partial charge in [-0.3, -0.25) is 9.59 Å². The van der Waals surface area contributed by atoms with Crippen molar-refractivity contribution >= 4 is 23.6 Å². The molecule has 0 heterocycles. The predicted molar refractivity (Wildman–Crippen MR) is 105 cm³/mol. The molecule has 2 aromatic carbocycles. The Morgan fingerprint density at radius 3 is 2.12 bits per heavy atom. The standard InChI is InChI=1S/C21H25NO3S/c1-3-17(4-2)22-19(23)15-25-21(24)20(16-11-7-5-8-12-16)26-18-13-9-6-10-14-18/h5-14,17,20H,3-4,15H2,1-2H3,(H,22,23)/t20-/m0/s1. The molecule has 0 aromatic heterocycles. The molecule has 0 aliphatic rings. The van der Waals surface area contributed by atoms with Crippen molar-refractivity contribution in [1.29, 1.82) is 0 Å². The summed E-state index contributed by atoms with van der Waals surface area (Å²) in [5, 5.41) is 2.36. The van der Waals surface area contributed by atoms with E-state index in [1.54, 1.807) is 0 Å². The molecule has 0 aliphatic heterocycles. The minimum atomic E-state index is -0.514. The first kappa shape index (κ1) is 20.0. The summed E-state index contributed by atoms with van der Waals surface area (Å²) < 4.78 is 5.31. The third-order valence-corrected chi connectivity index (χ3v) is 5.25. The summed E-state index contributed by atoms with van der Waals surface area (Å²) in [7, 11) is 0. The van der Waals surface area contributed by atoms with Crippen LogP contribution in [-0.2, 0) is 14.3 Å². The zero-order valence-corrected chi connectivity index (χ0v) is 16.0. The van der Waals surface area contributed by atoms with Crippen molar-refractivity contribution in [1.82, 2.24) is 5.32 Å². The summed E-state index contributed by atoms with van der Waals surface area (Å²) >= 11 is 1.42. The number of amides is 1. The monoisotopic (exact) mass is 371 g/mol. The summed E-state index contributed by atoms with van der Waals surface area (Å²) in [5.41, 5.74) is 0.853. The number of esters is 1. The van der Waals surface area contributed by atoms with E-state index in [9.17, 15) is 9.59 Å². The highest BCUT2D eigenvalue weighted by atomic mass is 32.2. The van der Waals surface area contributed by atoms with E-state index in [1.807, 2.05) is 74.5 Å². The molecular formula is C21H25NO3S. The lowest BCUT2D eigenvalue weighted by atomic mass is 10.1. The van der Waals surface area contributed by atoms with Crippen molar-refractivity contribution < 1.29 is 14.3 Å². The van der Waals surface area contributed by atoms with Gasteiger partial charge in [0.2, 0.25) is 0 Å². The molecule has 0 bridgehead atoms. The lowest BCUT2D eigenvalue weighted by Crippen LogP contribution is -2.37. The second-order valence-electron chi connectivity index (χ2n) is 5.91. The maximum absolute atomic E-state index is 12.7. The number of hydrogen-bond donors (Lipinski definition) is 1. The first-order valence-electron chi connectivity index (χ1n) is 8.86. The number of thioether (sulfide) groups is 1. The van der Waals surface area contributed by atoms with Gasteiger partial charge in [0.05, 0.1) is 0 Å². The van der Waals surface area contributed by atoms with Crippen molar-refractivity contribution in [2.24, 2.45) is 0 Å². The molecule has 26 heavy (non-hydrogen) atoms. The van der Waals surface area contributed by atoms with Crippen LogP contribution < -0.4 is 5.32 Å². The Balaban J connectivity index is 2.03. The third-order valence-electron chi connectivity index (χ3n) is 4.01. The number of carbonyl (C=O) groups is 2. The van der Waals surface area contributed by atoms with Crippen molar-refractivity contribution in [3.8, 4) is 0 Å². The summed E-state index contributed by atoms with van der Waals surface area (Å²) in [6.07, 6.45) is 1.71. The number of benzene rings is 2. The highest BCUT2D eigenvalue weighted by Gasteiger charge is 2.24. The van der Waals surface area contributed by atoms with E-state index in [1.165, 1.54) is 11.8 Å². The number of hydrogen-bond acceptors (Lipinski definition) is 4. The van der Waals surface area contributed by atoms with Gasteiger partial charge in [-0.1, -0.05) is 62.4 Å². The van der Waals surface area contributed by atoms with Crippen molar-refractivity contribution in [2.75, 3.05) is 6.61 Å². The molecule has 4 nitrogen and oxygen atoms in total. The molecule has 1 atom stereocenters. The average molecular weight is 372 g/mol. The highest BCUT2D eigenvalue weighted by Crippen LogP contribution is 2.36. The molecular weight excluding hydrogens is 346 g/mol. The van der Waals surface area contributed by atoms with E-state index in [4.69, 9.17) is 4.74 Å². The van der Waals surface area contributed by atoms with Gasteiger partial charge in [0.15, 0.2) is 6.61 Å². The first-order chi connectivity index (χ1) is 12.6. The van der Waals surface area contributed by atoms with Crippen molar-refractivity contribution in [3.05, 3.63) is 66.2 Å². The van der Waals surface area contributed by atoms with Gasteiger partial charge >= 0.3 is 5.97 Å². The number of ether oxygens (including phenoxy) is 1. The molecule has 2 rings (SSSR count). The zero-order chi connectivity index (χ0) is 18.8. The lowest BCUT2D eigenvalue weighted by molar-refractivity contribution is -0.148. The second-order valence-corrected chi connectivity index (χ2v) is 7.09. The van der Waals surface area contributed by atoms with Crippen LogP contribution in [0.1, 0.15) is 37.5 Å². The van der Waals surface area contributed by atoms with Gasteiger partial charge in [0.25, 0.3) is 5.91 Å². The average Bonchev–Trinajstić information content (AvgIpc) is 2.69. The molecule has 0 spiro atoms. The van der Waals surface area contributed by atoms with Gasteiger partial charge in [-0.15, -0.1) is 11.8 Å². The Morgan fingerprint density at radius 1 is 0.962 bits per heavy atom. The quantitative estimate of drug-likeness (QED) is 0.525. The fourth-order valence-corrected chi connectivity index (χ4v) is 3.53. The van der Waals surface area contributed by atoms with Crippen LogP contribution >= 0.6 is 11.8 Å². The molecule has 1 amide bonds. The van der Waals surface area contributed by atoms with E-state index in [0.717, 1.165) is 23.3 Å². The fraction of sp³-hybridized carbons (Fsp3) is 0.333. The maximum atomic E-state index is 12.7. The van der Waals surface area contributed by atoms with Crippen LogP contribution in [0.25, 0.3) is 0 Å². The third kappa shape index (κ3) is 6.23. The van der Waals surface area contributed by atoms with Crippen molar-refractivity contribution in [3.63, 3.8) is 0 Å². The molecule has 138 valence electrons. The number of carbonyl (C=O) groups excluding carboxylic acids is 2. The topological polar surface area (TPSA) is 55.4 Å². The number of nitrogens with one attached hydrogen (secondary N) is 1. The smallest absolute Gasteiger partial charge is 0.324 e. The Labute approximate surface area is 159 Å². The van der Waals surface area contributed by atoms with Gasteiger partial charge in [-0.05, 0) is 30.5 Å². The Kier molecular flexibility index (Phi) is 8.22. The summed E-state index contributed by atoms with van der Waals surface area (Å²) in [5.74, 6) is -0.673. The summed E-state index contributed by atoms with van der Waals surface area (Å²) in [4.78, 5) is 25.6. The van der Waals surface area contributed by atoms with Gasteiger partial charge in [-0.2, -0.15) is 0 Å². The van der Waals surface area contributed by atoms with Crippen LogP contribution in [-0.4, -0.2) is 24.5 Å². The molecule has 2 aromatic rings. The Bertz CT molecular complexity index is 687. The molecule has 5 heteroatoms. The van der Waals surface area contributed by atoms with Crippen LogP contribution in [0.2, 0.25) is 0 Å². The molecule has 1 N–H and O–H groups in total.